The maximum absolute atomic E-state index is 14.0. The number of H-pyrrole nitrogens is 1. The van der Waals surface area contributed by atoms with Crippen molar-refractivity contribution in [3.63, 3.8) is 0 Å². The van der Waals surface area contributed by atoms with Gasteiger partial charge >= 0.3 is 5.69 Å². The third-order valence-electron chi connectivity index (χ3n) is 5.80. The van der Waals surface area contributed by atoms with Crippen molar-refractivity contribution in [2.45, 2.75) is 25.0 Å². The minimum atomic E-state index is -4.03. The first-order valence-electron chi connectivity index (χ1n) is 9.33. The number of aromatic amines is 1. The zero-order chi connectivity index (χ0) is 22.6. The largest absolute Gasteiger partial charge is 0.327 e. The van der Waals surface area contributed by atoms with E-state index in [2.05, 4.69) is 4.98 Å². The second-order valence-corrected chi connectivity index (χ2v) is 9.82. The molecule has 4 rings (SSSR count). The van der Waals surface area contributed by atoms with Gasteiger partial charge in [-0.2, -0.15) is 4.39 Å². The molecule has 1 aliphatic rings. The fourth-order valence-corrected chi connectivity index (χ4v) is 5.59. The van der Waals surface area contributed by atoms with Crippen LogP contribution in [0.2, 0.25) is 0 Å². The van der Waals surface area contributed by atoms with Crippen LogP contribution in [0.25, 0.3) is 16.5 Å². The average molecular weight is 443 g/mol. The molecule has 3 aromatic rings. The summed E-state index contributed by atoms with van der Waals surface area (Å²) < 4.78 is 40.8. The summed E-state index contributed by atoms with van der Waals surface area (Å²) in [6.07, 6.45) is 6.17. The Morgan fingerprint density at radius 1 is 1.26 bits per heavy atom. The number of nitrogens with one attached hydrogen (secondary N) is 1. The number of nitrogens with zero attached hydrogens (tertiary/aromatic N) is 2. The molecule has 1 atom stereocenters. The van der Waals surface area contributed by atoms with Crippen LogP contribution in [0, 0.1) is 15.9 Å². The van der Waals surface area contributed by atoms with E-state index >= 15 is 0 Å². The standard InChI is InChI=1S/C21H18FN3O5S/c1-13-11-16(15-3-4-18(25(27)28)17(22)12-15)5-8-21(13,2)31(29,30)24-10-7-14-6-9-23-20(26)19(14)24/h3-7,9-12H,8H2,1-2H3,(H,23,26). The normalized spacial score (nSPS) is 19.2. The molecule has 2 heterocycles. The lowest BCUT2D eigenvalue weighted by Crippen LogP contribution is -2.41. The summed E-state index contributed by atoms with van der Waals surface area (Å²) in [6, 6.07) is 6.75. The van der Waals surface area contributed by atoms with E-state index in [0.29, 0.717) is 22.1 Å². The molecule has 1 aliphatic carbocycles. The number of fused-ring (bicyclic) bond motifs is 1. The number of pyridine rings is 1. The summed E-state index contributed by atoms with van der Waals surface area (Å²) in [5.74, 6) is -0.964. The second-order valence-electron chi connectivity index (χ2n) is 7.57. The Labute approximate surface area is 176 Å². The molecule has 2 aromatic heterocycles. The van der Waals surface area contributed by atoms with Crippen molar-refractivity contribution in [1.82, 2.24) is 8.96 Å². The summed E-state index contributed by atoms with van der Waals surface area (Å²) in [5, 5.41) is 11.3. The summed E-state index contributed by atoms with van der Waals surface area (Å²) in [4.78, 5) is 24.8. The van der Waals surface area contributed by atoms with Crippen LogP contribution in [0.15, 0.2) is 65.2 Å². The molecule has 10 heteroatoms. The van der Waals surface area contributed by atoms with Gasteiger partial charge in [-0.25, -0.2) is 12.4 Å². The Bertz CT molecular complexity index is 1470. The van der Waals surface area contributed by atoms with Crippen molar-refractivity contribution in [3.8, 4) is 0 Å². The van der Waals surface area contributed by atoms with E-state index in [1.807, 2.05) is 0 Å². The summed E-state index contributed by atoms with van der Waals surface area (Å²) in [6.45, 7) is 3.23. The summed E-state index contributed by atoms with van der Waals surface area (Å²) in [7, 11) is -4.03. The average Bonchev–Trinajstić information content (AvgIpc) is 3.16. The molecule has 31 heavy (non-hydrogen) atoms. The fourth-order valence-electron chi connectivity index (χ4n) is 3.74. The van der Waals surface area contributed by atoms with Crippen LogP contribution in [-0.4, -0.2) is 27.0 Å². The molecule has 1 N–H and O–H groups in total. The third-order valence-corrected chi connectivity index (χ3v) is 8.25. The van der Waals surface area contributed by atoms with Gasteiger partial charge in [0.1, 0.15) is 10.3 Å². The van der Waals surface area contributed by atoms with Crippen LogP contribution in [0.4, 0.5) is 10.1 Å². The Balaban J connectivity index is 1.76. The van der Waals surface area contributed by atoms with Gasteiger partial charge in [0.05, 0.1) is 4.92 Å². The van der Waals surface area contributed by atoms with Crippen LogP contribution >= 0.6 is 0 Å². The quantitative estimate of drug-likeness (QED) is 0.487. The topological polar surface area (TPSA) is 115 Å². The molecular formula is C21H18FN3O5S. The highest BCUT2D eigenvalue weighted by Gasteiger charge is 2.43. The molecule has 0 radical (unpaired) electrons. The summed E-state index contributed by atoms with van der Waals surface area (Å²) >= 11 is 0. The Morgan fingerprint density at radius 2 is 2.00 bits per heavy atom. The number of nitro groups is 1. The zero-order valence-electron chi connectivity index (χ0n) is 16.6. The van der Waals surface area contributed by atoms with Crippen molar-refractivity contribution in [2.24, 2.45) is 0 Å². The van der Waals surface area contributed by atoms with E-state index in [0.717, 1.165) is 16.1 Å². The van der Waals surface area contributed by atoms with Crippen molar-refractivity contribution in [3.05, 3.63) is 92.3 Å². The molecule has 8 nitrogen and oxygen atoms in total. The van der Waals surface area contributed by atoms with Crippen LogP contribution in [0.3, 0.4) is 0 Å². The van der Waals surface area contributed by atoms with Gasteiger partial charge in [0.25, 0.3) is 5.56 Å². The number of allylic oxidation sites excluding steroid dienone is 3. The molecule has 0 spiro atoms. The maximum Gasteiger partial charge on any atom is 0.304 e. The van der Waals surface area contributed by atoms with E-state index in [1.54, 1.807) is 38.1 Å². The molecule has 0 fully saturated rings. The number of aromatic nitrogens is 2. The van der Waals surface area contributed by atoms with E-state index in [-0.39, 0.29) is 11.9 Å². The first-order valence-corrected chi connectivity index (χ1v) is 10.8. The van der Waals surface area contributed by atoms with Crippen molar-refractivity contribution in [2.75, 3.05) is 0 Å². The van der Waals surface area contributed by atoms with E-state index < -0.39 is 36.8 Å². The predicted molar refractivity (Wildman–Crippen MR) is 115 cm³/mol. The highest BCUT2D eigenvalue weighted by atomic mass is 32.2. The predicted octanol–water partition coefficient (Wildman–Crippen LogP) is 3.75. The van der Waals surface area contributed by atoms with Crippen LogP contribution in [0.1, 0.15) is 25.8 Å². The van der Waals surface area contributed by atoms with Gasteiger partial charge in [-0.05, 0) is 61.2 Å². The molecule has 0 saturated carbocycles. The molecule has 0 aliphatic heterocycles. The van der Waals surface area contributed by atoms with Crippen molar-refractivity contribution in [1.29, 1.82) is 0 Å². The van der Waals surface area contributed by atoms with Gasteiger partial charge in [0, 0.05) is 23.8 Å². The molecule has 160 valence electrons. The Morgan fingerprint density at radius 3 is 2.65 bits per heavy atom. The molecule has 0 amide bonds. The lowest BCUT2D eigenvalue weighted by Gasteiger charge is -2.33. The van der Waals surface area contributed by atoms with E-state index in [4.69, 9.17) is 0 Å². The molecule has 0 saturated heterocycles. The number of nitro benzene ring substituents is 1. The molecular weight excluding hydrogens is 425 g/mol. The third kappa shape index (κ3) is 3.10. The van der Waals surface area contributed by atoms with Gasteiger partial charge in [0.2, 0.25) is 15.8 Å². The van der Waals surface area contributed by atoms with E-state index in [1.165, 1.54) is 18.5 Å². The smallest absolute Gasteiger partial charge is 0.304 e. The Hall–Kier alpha value is -3.53. The minimum Gasteiger partial charge on any atom is -0.327 e. The zero-order valence-corrected chi connectivity index (χ0v) is 17.4. The molecule has 0 bridgehead atoms. The van der Waals surface area contributed by atoms with E-state index in [9.17, 15) is 27.7 Å². The lowest BCUT2D eigenvalue weighted by atomic mass is 9.87. The Kier molecular flexibility index (Phi) is 4.69. The number of halogens is 1. The number of hydrogen-bond donors (Lipinski definition) is 1. The number of hydrogen-bond acceptors (Lipinski definition) is 5. The highest BCUT2D eigenvalue weighted by Crippen LogP contribution is 2.39. The highest BCUT2D eigenvalue weighted by molar-refractivity contribution is 7.91. The van der Waals surface area contributed by atoms with Gasteiger partial charge in [-0.3, -0.25) is 14.9 Å². The van der Waals surface area contributed by atoms with Crippen molar-refractivity contribution < 1.29 is 17.7 Å². The maximum atomic E-state index is 14.0. The lowest BCUT2D eigenvalue weighted by molar-refractivity contribution is -0.387. The van der Waals surface area contributed by atoms with Crippen LogP contribution in [-0.2, 0) is 10.0 Å². The monoisotopic (exact) mass is 443 g/mol. The van der Waals surface area contributed by atoms with Gasteiger partial charge in [0.15, 0.2) is 0 Å². The first kappa shape index (κ1) is 20.7. The molecule has 1 unspecified atom stereocenters. The van der Waals surface area contributed by atoms with Gasteiger partial charge in [-0.1, -0.05) is 12.2 Å². The first-order chi connectivity index (χ1) is 14.6. The number of rotatable bonds is 4. The van der Waals surface area contributed by atoms with Crippen molar-refractivity contribution >= 4 is 32.2 Å². The van der Waals surface area contributed by atoms with Gasteiger partial charge in [-0.15, -0.1) is 0 Å². The summed E-state index contributed by atoms with van der Waals surface area (Å²) in [5.41, 5.74) is 0.378. The van der Waals surface area contributed by atoms with Crippen LogP contribution < -0.4 is 5.56 Å². The second kappa shape index (κ2) is 7.02. The van der Waals surface area contributed by atoms with Crippen LogP contribution in [0.5, 0.6) is 0 Å². The minimum absolute atomic E-state index is 0.0451. The SMILES string of the molecule is CC1=CC(c2ccc([N+](=O)[O-])c(F)c2)=CCC1(C)S(=O)(=O)n1ccc2cc[nH]c(=O)c21. The van der Waals surface area contributed by atoms with Gasteiger partial charge < -0.3 is 4.98 Å². The molecule has 1 aromatic carbocycles. The fraction of sp³-hybridized carbons (Fsp3) is 0.190. The number of benzene rings is 1.